The lowest BCUT2D eigenvalue weighted by atomic mass is 10.2. The Labute approximate surface area is 125 Å². The van der Waals surface area contributed by atoms with Gasteiger partial charge >= 0.3 is 5.97 Å². The molecule has 6 heteroatoms. The molecule has 5 nitrogen and oxygen atoms in total. The number of imidazole rings is 1. The molecule has 0 saturated heterocycles. The normalized spacial score (nSPS) is 10.8. The largest absolute Gasteiger partial charge is 0.497 e. The molecule has 0 amide bonds. The molecule has 0 fully saturated rings. The van der Waals surface area contributed by atoms with Crippen molar-refractivity contribution in [3.8, 4) is 17.1 Å². The Morgan fingerprint density at radius 1 is 1.33 bits per heavy atom. The number of rotatable bonds is 3. The molecule has 0 saturated carbocycles. The number of aromatic nitrogens is 2. The fourth-order valence-corrected chi connectivity index (χ4v) is 2.37. The van der Waals surface area contributed by atoms with Gasteiger partial charge in [0.05, 0.1) is 18.2 Å². The van der Waals surface area contributed by atoms with Crippen molar-refractivity contribution in [1.29, 1.82) is 0 Å². The molecule has 0 aliphatic rings. The van der Waals surface area contributed by atoms with Crippen LogP contribution >= 0.6 is 11.6 Å². The predicted octanol–water partition coefficient (Wildman–Crippen LogP) is 3.36. The van der Waals surface area contributed by atoms with Crippen molar-refractivity contribution in [2.24, 2.45) is 0 Å². The number of hydrogen-bond donors (Lipinski definition) is 1. The van der Waals surface area contributed by atoms with E-state index >= 15 is 0 Å². The van der Waals surface area contributed by atoms with Crippen molar-refractivity contribution >= 4 is 23.1 Å². The highest BCUT2D eigenvalue weighted by Gasteiger charge is 2.14. The minimum Gasteiger partial charge on any atom is -0.497 e. The molecule has 3 rings (SSSR count). The minimum absolute atomic E-state index is 0.168. The van der Waals surface area contributed by atoms with Crippen LogP contribution in [-0.2, 0) is 0 Å². The number of ether oxygens (including phenoxy) is 1. The molecule has 0 aliphatic carbocycles. The number of hydrogen-bond acceptors (Lipinski definition) is 3. The Hall–Kier alpha value is -2.53. The lowest BCUT2D eigenvalue weighted by molar-refractivity contribution is 0.0697. The molecule has 2 heterocycles. The number of carboxylic acids is 1. The molecule has 0 bridgehead atoms. The molecule has 2 aromatic heterocycles. The Bertz CT molecular complexity index is 842. The van der Waals surface area contributed by atoms with Crippen LogP contribution < -0.4 is 4.74 Å². The summed E-state index contributed by atoms with van der Waals surface area (Å²) in [7, 11) is 1.59. The van der Waals surface area contributed by atoms with Crippen molar-refractivity contribution in [3.05, 3.63) is 53.3 Å². The highest BCUT2D eigenvalue weighted by atomic mass is 35.5. The number of aromatic carboxylic acids is 1. The fraction of sp³-hybridized carbons (Fsp3) is 0.0667. The zero-order chi connectivity index (χ0) is 15.0. The van der Waals surface area contributed by atoms with Crippen LogP contribution in [0.5, 0.6) is 5.75 Å². The summed E-state index contributed by atoms with van der Waals surface area (Å²) in [6, 6.07) is 10.4. The number of methoxy groups -OCH3 is 1. The summed E-state index contributed by atoms with van der Waals surface area (Å²) in [5.41, 5.74) is 1.55. The summed E-state index contributed by atoms with van der Waals surface area (Å²) in [6.45, 7) is 0. The van der Waals surface area contributed by atoms with Gasteiger partial charge in [0, 0.05) is 11.8 Å². The maximum Gasteiger partial charge on any atom is 0.335 e. The van der Waals surface area contributed by atoms with E-state index in [9.17, 15) is 4.79 Å². The van der Waals surface area contributed by atoms with Crippen LogP contribution in [0.3, 0.4) is 0 Å². The second-order valence-corrected chi connectivity index (χ2v) is 4.79. The van der Waals surface area contributed by atoms with E-state index in [-0.39, 0.29) is 10.7 Å². The molecule has 21 heavy (non-hydrogen) atoms. The lowest BCUT2D eigenvalue weighted by Crippen LogP contribution is -1.98. The third-order valence-corrected chi connectivity index (χ3v) is 3.45. The molecule has 1 N–H and O–H groups in total. The van der Waals surface area contributed by atoms with Gasteiger partial charge in [-0.25, -0.2) is 9.78 Å². The Morgan fingerprint density at radius 3 is 2.86 bits per heavy atom. The molecule has 106 valence electrons. The number of halogens is 1. The van der Waals surface area contributed by atoms with Crippen molar-refractivity contribution in [3.63, 3.8) is 0 Å². The van der Waals surface area contributed by atoms with E-state index in [1.165, 1.54) is 12.1 Å². The van der Waals surface area contributed by atoms with E-state index in [1.54, 1.807) is 17.7 Å². The SMILES string of the molecule is COc1cccc(-c2nc(Cl)c3cc(C(=O)O)ccn23)c1. The zero-order valence-corrected chi connectivity index (χ0v) is 11.8. The van der Waals surface area contributed by atoms with E-state index in [0.717, 1.165) is 5.56 Å². The van der Waals surface area contributed by atoms with Crippen LogP contribution in [0.1, 0.15) is 10.4 Å². The van der Waals surface area contributed by atoms with E-state index in [4.69, 9.17) is 21.4 Å². The molecular weight excluding hydrogens is 292 g/mol. The van der Waals surface area contributed by atoms with Gasteiger partial charge in [-0.05, 0) is 24.3 Å². The standard InChI is InChI=1S/C15H11ClN2O3/c1-21-11-4-2-3-9(7-11)14-17-13(16)12-8-10(15(19)20)5-6-18(12)14/h2-8H,1H3,(H,19,20). The Balaban J connectivity index is 2.21. The van der Waals surface area contributed by atoms with Crippen LogP contribution in [0.15, 0.2) is 42.6 Å². The number of fused-ring (bicyclic) bond motifs is 1. The van der Waals surface area contributed by atoms with Crippen LogP contribution in [0.4, 0.5) is 0 Å². The molecule has 0 unspecified atom stereocenters. The third-order valence-electron chi connectivity index (χ3n) is 3.17. The Morgan fingerprint density at radius 2 is 2.14 bits per heavy atom. The van der Waals surface area contributed by atoms with Gasteiger partial charge in [-0.3, -0.25) is 4.40 Å². The summed E-state index contributed by atoms with van der Waals surface area (Å²) in [4.78, 5) is 15.3. The van der Waals surface area contributed by atoms with Gasteiger partial charge in [0.25, 0.3) is 0 Å². The highest BCUT2D eigenvalue weighted by Crippen LogP contribution is 2.28. The van der Waals surface area contributed by atoms with Gasteiger partial charge in [-0.15, -0.1) is 0 Å². The summed E-state index contributed by atoms with van der Waals surface area (Å²) < 4.78 is 6.95. The lowest BCUT2D eigenvalue weighted by Gasteiger charge is -2.04. The average molecular weight is 303 g/mol. The van der Waals surface area contributed by atoms with Crippen LogP contribution in [0, 0.1) is 0 Å². The highest BCUT2D eigenvalue weighted by molar-refractivity contribution is 6.33. The summed E-state index contributed by atoms with van der Waals surface area (Å²) in [6.07, 6.45) is 1.65. The minimum atomic E-state index is -1.00. The average Bonchev–Trinajstić information content (AvgIpc) is 2.84. The van der Waals surface area contributed by atoms with Crippen molar-refractivity contribution < 1.29 is 14.6 Å². The number of benzene rings is 1. The number of pyridine rings is 1. The van der Waals surface area contributed by atoms with Gasteiger partial charge in [0.15, 0.2) is 5.15 Å². The van der Waals surface area contributed by atoms with Crippen LogP contribution in [-0.4, -0.2) is 27.6 Å². The van der Waals surface area contributed by atoms with Crippen LogP contribution in [0.25, 0.3) is 16.9 Å². The fourth-order valence-electron chi connectivity index (χ4n) is 2.15. The zero-order valence-electron chi connectivity index (χ0n) is 11.1. The third kappa shape index (κ3) is 2.32. The molecule has 0 aliphatic heterocycles. The summed E-state index contributed by atoms with van der Waals surface area (Å²) >= 11 is 6.12. The van der Waals surface area contributed by atoms with E-state index in [1.807, 2.05) is 24.3 Å². The number of carbonyl (C=O) groups is 1. The van der Waals surface area contributed by atoms with Crippen LogP contribution in [0.2, 0.25) is 5.15 Å². The molecule has 3 aromatic rings. The quantitative estimate of drug-likeness (QED) is 0.805. The van der Waals surface area contributed by atoms with Gasteiger partial charge in [-0.2, -0.15) is 0 Å². The van der Waals surface area contributed by atoms with Gasteiger partial charge < -0.3 is 9.84 Å². The molecule has 1 aromatic carbocycles. The van der Waals surface area contributed by atoms with Gasteiger partial charge in [0.1, 0.15) is 11.6 Å². The first kappa shape index (κ1) is 13.5. The van der Waals surface area contributed by atoms with Crippen molar-refractivity contribution in [2.75, 3.05) is 7.11 Å². The smallest absolute Gasteiger partial charge is 0.335 e. The van der Waals surface area contributed by atoms with Gasteiger partial charge in [0.2, 0.25) is 0 Å². The Kier molecular flexibility index (Phi) is 3.27. The summed E-state index contributed by atoms with van der Waals surface area (Å²) in [5.74, 6) is 0.339. The number of nitrogens with zero attached hydrogens (tertiary/aromatic N) is 2. The second kappa shape index (κ2) is 5.10. The monoisotopic (exact) mass is 302 g/mol. The molecule has 0 atom stereocenters. The molecule has 0 radical (unpaired) electrons. The maximum absolute atomic E-state index is 11.0. The van der Waals surface area contributed by atoms with Gasteiger partial charge in [-0.1, -0.05) is 23.7 Å². The van der Waals surface area contributed by atoms with Crippen molar-refractivity contribution in [1.82, 2.24) is 9.38 Å². The van der Waals surface area contributed by atoms with E-state index in [2.05, 4.69) is 4.98 Å². The first-order chi connectivity index (χ1) is 10.1. The first-order valence-electron chi connectivity index (χ1n) is 6.15. The predicted molar refractivity (Wildman–Crippen MR) is 79.1 cm³/mol. The first-order valence-corrected chi connectivity index (χ1v) is 6.53. The van der Waals surface area contributed by atoms with E-state index < -0.39 is 5.97 Å². The summed E-state index contributed by atoms with van der Waals surface area (Å²) in [5, 5.41) is 9.30. The topological polar surface area (TPSA) is 63.8 Å². The second-order valence-electron chi connectivity index (χ2n) is 4.43. The number of carboxylic acid groups (broad SMARTS) is 1. The molecular formula is C15H11ClN2O3. The van der Waals surface area contributed by atoms with E-state index in [0.29, 0.717) is 17.1 Å². The van der Waals surface area contributed by atoms with Crippen molar-refractivity contribution in [2.45, 2.75) is 0 Å². The molecule has 0 spiro atoms. The maximum atomic E-state index is 11.0.